The van der Waals surface area contributed by atoms with Gasteiger partial charge in [0, 0.05) is 18.2 Å². The summed E-state index contributed by atoms with van der Waals surface area (Å²) in [6.45, 7) is 4.97. The highest BCUT2D eigenvalue weighted by Crippen LogP contribution is 2.24. The van der Waals surface area contributed by atoms with E-state index in [1.807, 2.05) is 13.8 Å². The van der Waals surface area contributed by atoms with Gasteiger partial charge in [-0.2, -0.15) is 0 Å². The van der Waals surface area contributed by atoms with Crippen LogP contribution in [0.4, 0.5) is 0 Å². The Bertz CT molecular complexity index is 454. The average Bonchev–Trinajstić information content (AvgIpc) is 2.36. The summed E-state index contributed by atoms with van der Waals surface area (Å²) in [5, 5.41) is 18.9. The first kappa shape index (κ1) is 13.7. The smallest absolute Gasteiger partial charge is 0.254 e. The number of rotatable bonds is 2. The van der Waals surface area contributed by atoms with Crippen LogP contribution in [-0.2, 0) is 4.74 Å². The molecule has 2 unspecified atom stereocenters. The molecule has 1 heterocycles. The number of amides is 1. The third-order valence-corrected chi connectivity index (χ3v) is 3.35. The number of carbonyl (C=O) groups is 1. The average molecular weight is 265 g/mol. The summed E-state index contributed by atoms with van der Waals surface area (Å²) in [6, 6.07) is 3.98. The number of phenolic OH excluding ortho intramolecular Hbond substituents is 2. The zero-order valence-electron chi connectivity index (χ0n) is 11.2. The summed E-state index contributed by atoms with van der Waals surface area (Å²) in [5.74, 6) is -0.413. The van der Waals surface area contributed by atoms with E-state index in [9.17, 15) is 15.0 Å². The molecule has 5 nitrogen and oxygen atoms in total. The quantitative estimate of drug-likeness (QED) is 0.854. The van der Waals surface area contributed by atoms with Gasteiger partial charge in [0.2, 0.25) is 0 Å². The molecule has 1 fully saturated rings. The molecule has 2 rings (SSSR count). The zero-order chi connectivity index (χ0) is 14.0. The number of ether oxygens (including phenoxy) is 1. The molecule has 0 radical (unpaired) electrons. The molecule has 104 valence electrons. The molecular weight excluding hydrogens is 246 g/mol. The fourth-order valence-corrected chi connectivity index (χ4v) is 2.32. The van der Waals surface area contributed by atoms with Gasteiger partial charge in [0.05, 0.1) is 18.8 Å². The first-order chi connectivity index (χ1) is 9.01. The molecule has 2 N–H and O–H groups in total. The Hall–Kier alpha value is -1.75. The fourth-order valence-electron chi connectivity index (χ4n) is 2.32. The van der Waals surface area contributed by atoms with Gasteiger partial charge in [0.15, 0.2) is 0 Å². The topological polar surface area (TPSA) is 70.0 Å². The van der Waals surface area contributed by atoms with E-state index >= 15 is 0 Å². The van der Waals surface area contributed by atoms with Crippen LogP contribution < -0.4 is 0 Å². The van der Waals surface area contributed by atoms with E-state index in [-0.39, 0.29) is 29.6 Å². The van der Waals surface area contributed by atoms with Crippen molar-refractivity contribution >= 4 is 5.91 Å². The van der Waals surface area contributed by atoms with E-state index in [0.29, 0.717) is 18.7 Å². The van der Waals surface area contributed by atoms with Gasteiger partial charge in [-0.25, -0.2) is 0 Å². The maximum Gasteiger partial charge on any atom is 0.254 e. The van der Waals surface area contributed by atoms with E-state index in [2.05, 4.69) is 0 Å². The lowest BCUT2D eigenvalue weighted by molar-refractivity contribution is -0.0444. The van der Waals surface area contributed by atoms with E-state index in [1.54, 1.807) is 4.90 Å². The minimum Gasteiger partial charge on any atom is -0.508 e. The fraction of sp³-hybridized carbons (Fsp3) is 0.500. The molecule has 0 aliphatic carbocycles. The lowest BCUT2D eigenvalue weighted by Gasteiger charge is -2.38. The molecule has 1 aromatic carbocycles. The van der Waals surface area contributed by atoms with Crippen LogP contribution in [0.15, 0.2) is 18.2 Å². The lowest BCUT2D eigenvalue weighted by atomic mass is 10.1. The van der Waals surface area contributed by atoms with E-state index in [4.69, 9.17) is 4.74 Å². The maximum absolute atomic E-state index is 12.5. The highest BCUT2D eigenvalue weighted by molar-refractivity contribution is 5.95. The normalized spacial score (nSPS) is 23.4. The molecule has 0 bridgehead atoms. The molecule has 2 atom stereocenters. The number of benzene rings is 1. The summed E-state index contributed by atoms with van der Waals surface area (Å²) < 4.78 is 5.55. The SMILES string of the molecule is CCC1COC(C)CN1C(=O)c1cc(O)cc(O)c1. The van der Waals surface area contributed by atoms with Crippen LogP contribution in [0.5, 0.6) is 11.5 Å². The van der Waals surface area contributed by atoms with Crippen molar-refractivity contribution in [1.29, 1.82) is 0 Å². The summed E-state index contributed by atoms with van der Waals surface area (Å²) in [5.41, 5.74) is 0.296. The second-order valence-electron chi connectivity index (χ2n) is 4.90. The van der Waals surface area contributed by atoms with Crippen molar-refractivity contribution in [2.24, 2.45) is 0 Å². The van der Waals surface area contributed by atoms with E-state index in [1.165, 1.54) is 18.2 Å². The lowest BCUT2D eigenvalue weighted by Crippen LogP contribution is -2.51. The summed E-state index contributed by atoms with van der Waals surface area (Å²) in [6.07, 6.45) is 0.807. The minimum absolute atomic E-state index is 0.00217. The van der Waals surface area contributed by atoms with Gasteiger partial charge in [-0.05, 0) is 25.5 Å². The number of morpholine rings is 1. The summed E-state index contributed by atoms with van der Waals surface area (Å²) in [4.78, 5) is 14.2. The molecule has 5 heteroatoms. The van der Waals surface area contributed by atoms with Crippen LogP contribution in [0.1, 0.15) is 30.6 Å². The predicted molar refractivity (Wildman–Crippen MR) is 70.3 cm³/mol. The molecule has 0 saturated carbocycles. The van der Waals surface area contributed by atoms with Crippen LogP contribution in [0, 0.1) is 0 Å². The van der Waals surface area contributed by atoms with Crippen molar-refractivity contribution in [3.05, 3.63) is 23.8 Å². The van der Waals surface area contributed by atoms with Crippen LogP contribution in [-0.4, -0.2) is 46.3 Å². The molecule has 19 heavy (non-hydrogen) atoms. The van der Waals surface area contributed by atoms with E-state index < -0.39 is 0 Å². The van der Waals surface area contributed by atoms with Crippen molar-refractivity contribution in [2.75, 3.05) is 13.2 Å². The van der Waals surface area contributed by atoms with Gasteiger partial charge in [-0.15, -0.1) is 0 Å². The number of phenols is 2. The second-order valence-corrected chi connectivity index (χ2v) is 4.90. The molecular formula is C14H19NO4. The highest BCUT2D eigenvalue weighted by Gasteiger charge is 2.30. The van der Waals surface area contributed by atoms with Crippen LogP contribution in [0.2, 0.25) is 0 Å². The highest BCUT2D eigenvalue weighted by atomic mass is 16.5. The van der Waals surface area contributed by atoms with Crippen molar-refractivity contribution in [2.45, 2.75) is 32.4 Å². The Labute approximate surface area is 112 Å². The molecule has 0 spiro atoms. The number of aromatic hydroxyl groups is 2. The summed E-state index contributed by atoms with van der Waals surface area (Å²) in [7, 11) is 0. The Kier molecular flexibility index (Phi) is 3.95. The van der Waals surface area contributed by atoms with Gasteiger partial charge in [0.25, 0.3) is 5.91 Å². The standard InChI is InChI=1S/C14H19NO4/c1-3-11-8-19-9(2)7-15(11)14(18)10-4-12(16)6-13(17)5-10/h4-6,9,11,16-17H,3,7-8H2,1-2H3. The Balaban J connectivity index is 2.25. The molecule has 1 aliphatic heterocycles. The van der Waals surface area contributed by atoms with Crippen molar-refractivity contribution in [3.8, 4) is 11.5 Å². The van der Waals surface area contributed by atoms with E-state index in [0.717, 1.165) is 6.42 Å². The molecule has 1 aromatic rings. The van der Waals surface area contributed by atoms with Crippen LogP contribution in [0.3, 0.4) is 0 Å². The number of hydrogen-bond donors (Lipinski definition) is 2. The first-order valence-electron chi connectivity index (χ1n) is 6.47. The van der Waals surface area contributed by atoms with Gasteiger partial charge < -0.3 is 19.8 Å². The maximum atomic E-state index is 12.5. The number of nitrogens with zero attached hydrogens (tertiary/aromatic N) is 1. The van der Waals surface area contributed by atoms with Gasteiger partial charge in [0.1, 0.15) is 11.5 Å². The van der Waals surface area contributed by atoms with Crippen molar-refractivity contribution < 1.29 is 19.7 Å². The van der Waals surface area contributed by atoms with Gasteiger partial charge in [-0.3, -0.25) is 4.79 Å². The molecule has 1 amide bonds. The zero-order valence-corrected chi connectivity index (χ0v) is 11.2. The third-order valence-electron chi connectivity index (χ3n) is 3.35. The number of hydrogen-bond acceptors (Lipinski definition) is 4. The van der Waals surface area contributed by atoms with Crippen molar-refractivity contribution in [3.63, 3.8) is 0 Å². The van der Waals surface area contributed by atoms with Crippen LogP contribution >= 0.6 is 0 Å². The van der Waals surface area contributed by atoms with Gasteiger partial charge in [-0.1, -0.05) is 6.92 Å². The minimum atomic E-state index is -0.187. The Morgan fingerprint density at radius 1 is 1.37 bits per heavy atom. The van der Waals surface area contributed by atoms with Gasteiger partial charge >= 0.3 is 0 Å². The van der Waals surface area contributed by atoms with Crippen LogP contribution in [0.25, 0.3) is 0 Å². The first-order valence-corrected chi connectivity index (χ1v) is 6.47. The van der Waals surface area contributed by atoms with Crippen molar-refractivity contribution in [1.82, 2.24) is 4.90 Å². The third kappa shape index (κ3) is 2.98. The second kappa shape index (κ2) is 5.48. The Morgan fingerprint density at radius 2 is 2.00 bits per heavy atom. The number of carbonyl (C=O) groups excluding carboxylic acids is 1. The largest absolute Gasteiger partial charge is 0.508 e. The summed E-state index contributed by atoms with van der Waals surface area (Å²) >= 11 is 0. The Morgan fingerprint density at radius 3 is 2.58 bits per heavy atom. The monoisotopic (exact) mass is 265 g/mol. The molecule has 1 saturated heterocycles. The predicted octanol–water partition coefficient (Wildman–Crippen LogP) is 1.74. The molecule has 0 aromatic heterocycles. The molecule has 1 aliphatic rings.